The summed E-state index contributed by atoms with van der Waals surface area (Å²) in [4.78, 5) is 22.8. The molecule has 1 aromatic carbocycles. The molecule has 3 rings (SSSR count). The van der Waals surface area contributed by atoms with Crippen LogP contribution in [0.2, 0.25) is 0 Å². The largest absolute Gasteiger partial charge is 0.481 e. The molecule has 0 radical (unpaired) electrons. The summed E-state index contributed by atoms with van der Waals surface area (Å²) in [5.41, 5.74) is 1.33. The second-order valence-electron chi connectivity index (χ2n) is 5.65. The molecule has 2 heterocycles. The van der Waals surface area contributed by atoms with E-state index < -0.39 is 6.10 Å². The highest BCUT2D eigenvalue weighted by atomic mass is 16.5. The summed E-state index contributed by atoms with van der Waals surface area (Å²) in [6.45, 7) is 2.14. The number of hydrogen-bond donors (Lipinski definition) is 2. The van der Waals surface area contributed by atoms with E-state index in [0.717, 1.165) is 25.9 Å². The first kappa shape index (κ1) is 14.1. The van der Waals surface area contributed by atoms with Gasteiger partial charge in [-0.2, -0.15) is 0 Å². The maximum Gasteiger partial charge on any atom is 0.267 e. The van der Waals surface area contributed by atoms with Gasteiger partial charge in [0.15, 0.2) is 6.10 Å². The Labute approximate surface area is 124 Å². The van der Waals surface area contributed by atoms with Gasteiger partial charge in [0.05, 0.1) is 0 Å². The fraction of sp³-hybridized carbons (Fsp3) is 0.500. The molecule has 21 heavy (non-hydrogen) atoms. The van der Waals surface area contributed by atoms with E-state index in [0.29, 0.717) is 24.5 Å². The van der Waals surface area contributed by atoms with Gasteiger partial charge < -0.3 is 10.1 Å². The van der Waals surface area contributed by atoms with E-state index in [2.05, 4.69) is 22.8 Å². The quantitative estimate of drug-likeness (QED) is 0.824. The van der Waals surface area contributed by atoms with Gasteiger partial charge in [-0.25, -0.2) is 0 Å². The van der Waals surface area contributed by atoms with Gasteiger partial charge in [-0.3, -0.25) is 14.9 Å². The molecule has 1 aromatic rings. The fourth-order valence-electron chi connectivity index (χ4n) is 2.92. The molecular formula is C16H20N2O3. The molecule has 112 valence electrons. The smallest absolute Gasteiger partial charge is 0.267 e. The second kappa shape index (κ2) is 6.26. The number of carbonyl (C=O) groups excluding carboxylic acids is 2. The first-order valence-electron chi connectivity index (χ1n) is 7.53. The van der Waals surface area contributed by atoms with Gasteiger partial charge in [0.1, 0.15) is 5.75 Å². The van der Waals surface area contributed by atoms with Crippen molar-refractivity contribution in [3.63, 3.8) is 0 Å². The van der Waals surface area contributed by atoms with E-state index in [1.165, 1.54) is 5.56 Å². The second-order valence-corrected chi connectivity index (χ2v) is 5.65. The summed E-state index contributed by atoms with van der Waals surface area (Å²) in [6.07, 6.45) is 2.54. The van der Waals surface area contributed by atoms with Gasteiger partial charge in [-0.1, -0.05) is 12.1 Å². The zero-order valence-electron chi connectivity index (χ0n) is 11.9. The third-order valence-electron chi connectivity index (χ3n) is 4.16. The molecule has 2 N–H and O–H groups in total. The normalized spacial score (nSPS) is 23.7. The Balaban J connectivity index is 1.61. The lowest BCUT2D eigenvalue weighted by Gasteiger charge is -2.24. The number of hydrogen-bond acceptors (Lipinski definition) is 4. The zero-order valence-corrected chi connectivity index (χ0v) is 11.9. The number of nitrogens with one attached hydrogen (secondary N) is 2. The van der Waals surface area contributed by atoms with E-state index >= 15 is 0 Å². The fourth-order valence-corrected chi connectivity index (χ4v) is 2.92. The summed E-state index contributed by atoms with van der Waals surface area (Å²) >= 11 is 0. The number of piperidine rings is 2. The molecule has 0 spiro atoms. The van der Waals surface area contributed by atoms with E-state index in [4.69, 9.17) is 4.74 Å². The van der Waals surface area contributed by atoms with Crippen LogP contribution in [0.3, 0.4) is 0 Å². The third kappa shape index (κ3) is 3.42. The Morgan fingerprint density at radius 3 is 2.38 bits per heavy atom. The highest BCUT2D eigenvalue weighted by Crippen LogP contribution is 2.27. The minimum absolute atomic E-state index is 0.221. The van der Waals surface area contributed by atoms with Crippen molar-refractivity contribution in [2.24, 2.45) is 0 Å². The number of benzene rings is 1. The summed E-state index contributed by atoms with van der Waals surface area (Å²) in [5, 5.41) is 5.66. The summed E-state index contributed by atoms with van der Waals surface area (Å²) in [5.74, 6) is 0.730. The lowest BCUT2D eigenvalue weighted by atomic mass is 9.90. The van der Waals surface area contributed by atoms with Crippen molar-refractivity contribution in [3.05, 3.63) is 29.8 Å². The topological polar surface area (TPSA) is 67.4 Å². The SMILES string of the molecule is O=C1CCC(Oc2ccc(C3CCNCC3)cc2)C(=O)N1. The van der Waals surface area contributed by atoms with Crippen LogP contribution in [0.5, 0.6) is 5.75 Å². The molecule has 0 aliphatic carbocycles. The monoisotopic (exact) mass is 288 g/mol. The zero-order chi connectivity index (χ0) is 14.7. The van der Waals surface area contributed by atoms with Crippen LogP contribution in [0.15, 0.2) is 24.3 Å². The van der Waals surface area contributed by atoms with Crippen molar-refractivity contribution in [2.45, 2.75) is 37.7 Å². The predicted octanol–water partition coefficient (Wildman–Crippen LogP) is 1.34. The van der Waals surface area contributed by atoms with Crippen LogP contribution in [0.1, 0.15) is 37.2 Å². The number of amides is 2. The van der Waals surface area contributed by atoms with Crippen LogP contribution in [-0.2, 0) is 9.59 Å². The van der Waals surface area contributed by atoms with Crippen molar-refractivity contribution in [2.75, 3.05) is 13.1 Å². The molecule has 2 fully saturated rings. The molecule has 2 aliphatic rings. The summed E-state index contributed by atoms with van der Waals surface area (Å²) < 4.78 is 5.68. The lowest BCUT2D eigenvalue weighted by molar-refractivity contribution is -0.138. The van der Waals surface area contributed by atoms with Gasteiger partial charge in [0, 0.05) is 12.8 Å². The van der Waals surface area contributed by atoms with Crippen LogP contribution in [-0.4, -0.2) is 31.0 Å². The molecule has 0 bridgehead atoms. The van der Waals surface area contributed by atoms with Gasteiger partial charge in [0.25, 0.3) is 5.91 Å². The Kier molecular flexibility index (Phi) is 4.20. The van der Waals surface area contributed by atoms with Gasteiger partial charge >= 0.3 is 0 Å². The van der Waals surface area contributed by atoms with E-state index in [9.17, 15) is 9.59 Å². The number of rotatable bonds is 3. The summed E-state index contributed by atoms with van der Waals surface area (Å²) in [6, 6.07) is 8.00. The number of imide groups is 1. The highest BCUT2D eigenvalue weighted by Gasteiger charge is 2.28. The highest BCUT2D eigenvalue weighted by molar-refractivity contribution is 5.99. The Morgan fingerprint density at radius 2 is 1.71 bits per heavy atom. The Hall–Kier alpha value is -1.88. The Morgan fingerprint density at radius 1 is 1.00 bits per heavy atom. The maximum absolute atomic E-state index is 11.7. The van der Waals surface area contributed by atoms with E-state index in [1.807, 2.05) is 12.1 Å². The van der Waals surface area contributed by atoms with Crippen LogP contribution in [0.4, 0.5) is 0 Å². The van der Waals surface area contributed by atoms with Crippen molar-refractivity contribution in [3.8, 4) is 5.75 Å². The molecule has 2 aliphatic heterocycles. The van der Waals surface area contributed by atoms with Gasteiger partial charge in [-0.15, -0.1) is 0 Å². The Bertz CT molecular complexity index is 521. The van der Waals surface area contributed by atoms with Crippen LogP contribution < -0.4 is 15.4 Å². The first-order valence-corrected chi connectivity index (χ1v) is 7.53. The maximum atomic E-state index is 11.7. The average molecular weight is 288 g/mol. The number of carbonyl (C=O) groups is 2. The standard InChI is InChI=1S/C16H20N2O3/c19-15-6-5-14(16(20)18-15)21-13-3-1-11(2-4-13)12-7-9-17-10-8-12/h1-4,12,14,17H,5-10H2,(H,18,19,20). The predicted molar refractivity (Wildman–Crippen MR) is 78.1 cm³/mol. The molecule has 1 unspecified atom stereocenters. The molecular weight excluding hydrogens is 268 g/mol. The molecule has 1 atom stereocenters. The number of ether oxygens (including phenoxy) is 1. The van der Waals surface area contributed by atoms with E-state index in [-0.39, 0.29) is 11.8 Å². The van der Waals surface area contributed by atoms with Gasteiger partial charge in [-0.05, 0) is 49.5 Å². The first-order chi connectivity index (χ1) is 10.2. The van der Waals surface area contributed by atoms with Crippen molar-refractivity contribution >= 4 is 11.8 Å². The lowest BCUT2D eigenvalue weighted by Crippen LogP contribution is -2.46. The van der Waals surface area contributed by atoms with Crippen molar-refractivity contribution in [1.29, 1.82) is 0 Å². The van der Waals surface area contributed by atoms with E-state index in [1.54, 1.807) is 0 Å². The average Bonchev–Trinajstić information content (AvgIpc) is 2.52. The molecule has 5 nitrogen and oxygen atoms in total. The molecule has 5 heteroatoms. The van der Waals surface area contributed by atoms with Crippen LogP contribution >= 0.6 is 0 Å². The molecule has 0 aromatic heterocycles. The molecule has 0 saturated carbocycles. The minimum atomic E-state index is -0.563. The van der Waals surface area contributed by atoms with Crippen LogP contribution in [0, 0.1) is 0 Å². The van der Waals surface area contributed by atoms with Crippen LogP contribution in [0.25, 0.3) is 0 Å². The van der Waals surface area contributed by atoms with Crippen molar-refractivity contribution < 1.29 is 14.3 Å². The third-order valence-corrected chi connectivity index (χ3v) is 4.16. The summed E-state index contributed by atoms with van der Waals surface area (Å²) in [7, 11) is 0. The molecule has 2 saturated heterocycles. The molecule has 2 amide bonds. The van der Waals surface area contributed by atoms with Gasteiger partial charge in [0.2, 0.25) is 5.91 Å². The minimum Gasteiger partial charge on any atom is -0.481 e. The van der Waals surface area contributed by atoms with Crippen molar-refractivity contribution in [1.82, 2.24) is 10.6 Å².